The average molecular weight is 264 g/mol. The zero-order valence-electron chi connectivity index (χ0n) is 10.7. The summed E-state index contributed by atoms with van der Waals surface area (Å²) in [5.74, 6) is -0.655. The summed E-state index contributed by atoms with van der Waals surface area (Å²) >= 11 is 0. The minimum absolute atomic E-state index is 0.165. The number of carbonyl (C=O) groups excluding carboxylic acids is 1. The molecule has 0 spiro atoms. The lowest BCUT2D eigenvalue weighted by molar-refractivity contribution is -0.385. The first-order valence-corrected chi connectivity index (χ1v) is 6.29. The molecule has 19 heavy (non-hydrogen) atoms. The molecule has 102 valence electrons. The smallest absolute Gasteiger partial charge is 0.310 e. The molecule has 1 fully saturated rings. The number of phenols is 1. The molecule has 0 saturated carbocycles. The lowest BCUT2D eigenvalue weighted by Crippen LogP contribution is -2.42. The van der Waals surface area contributed by atoms with Crippen LogP contribution in [-0.2, 0) is 0 Å². The first kappa shape index (κ1) is 13.3. The SMILES string of the molecule is CC1CCCCN1C(=O)c1ccc([N+](=O)[O-])c(O)c1. The highest BCUT2D eigenvalue weighted by molar-refractivity contribution is 5.95. The Morgan fingerprint density at radius 2 is 2.21 bits per heavy atom. The molecule has 1 amide bonds. The van der Waals surface area contributed by atoms with E-state index in [0.29, 0.717) is 6.54 Å². The Kier molecular flexibility index (Phi) is 3.69. The zero-order chi connectivity index (χ0) is 14.0. The van der Waals surface area contributed by atoms with Crippen LogP contribution in [0.5, 0.6) is 5.75 Å². The van der Waals surface area contributed by atoms with E-state index in [1.165, 1.54) is 12.1 Å². The maximum Gasteiger partial charge on any atom is 0.310 e. The first-order chi connectivity index (χ1) is 9.00. The second-order valence-electron chi connectivity index (χ2n) is 4.80. The summed E-state index contributed by atoms with van der Waals surface area (Å²) in [6, 6.07) is 3.89. The highest BCUT2D eigenvalue weighted by Crippen LogP contribution is 2.28. The topological polar surface area (TPSA) is 83.7 Å². The molecule has 1 N–H and O–H groups in total. The Hall–Kier alpha value is -2.11. The van der Waals surface area contributed by atoms with Crippen LogP contribution in [0.4, 0.5) is 5.69 Å². The number of benzene rings is 1. The Labute approximate surface area is 110 Å². The largest absolute Gasteiger partial charge is 0.502 e. The summed E-state index contributed by atoms with van der Waals surface area (Å²) in [4.78, 5) is 24.0. The van der Waals surface area contributed by atoms with Crippen molar-refractivity contribution in [2.75, 3.05) is 6.54 Å². The standard InChI is InChI=1S/C13H16N2O4/c1-9-4-2-3-7-14(9)13(17)10-5-6-11(15(18)19)12(16)8-10/h5-6,8-9,16H,2-4,7H2,1H3. The van der Waals surface area contributed by atoms with E-state index in [0.717, 1.165) is 25.3 Å². The molecular weight excluding hydrogens is 248 g/mol. The molecule has 0 radical (unpaired) electrons. The molecule has 0 aromatic heterocycles. The number of amides is 1. The fourth-order valence-electron chi connectivity index (χ4n) is 2.38. The number of nitro groups is 1. The average Bonchev–Trinajstić information content (AvgIpc) is 2.38. The van der Waals surface area contributed by atoms with Crippen molar-refractivity contribution in [2.24, 2.45) is 0 Å². The Morgan fingerprint density at radius 3 is 2.79 bits per heavy atom. The molecule has 0 bridgehead atoms. The van der Waals surface area contributed by atoms with Crippen LogP contribution < -0.4 is 0 Å². The predicted octanol–water partition coefficient (Wildman–Crippen LogP) is 2.32. The number of hydrogen-bond donors (Lipinski definition) is 1. The minimum atomic E-state index is -0.674. The normalized spacial score (nSPS) is 19.2. The van der Waals surface area contributed by atoms with Crippen LogP contribution in [0.1, 0.15) is 36.5 Å². The third-order valence-electron chi connectivity index (χ3n) is 3.48. The number of nitrogens with zero attached hydrogens (tertiary/aromatic N) is 2. The number of piperidine rings is 1. The summed E-state index contributed by atoms with van der Waals surface area (Å²) in [5.41, 5.74) is -0.0971. The number of rotatable bonds is 2. The van der Waals surface area contributed by atoms with Gasteiger partial charge in [0.15, 0.2) is 5.75 Å². The summed E-state index contributed by atoms with van der Waals surface area (Å²) in [5, 5.41) is 20.2. The molecule has 1 aromatic carbocycles. The Morgan fingerprint density at radius 1 is 1.47 bits per heavy atom. The van der Waals surface area contributed by atoms with Gasteiger partial charge >= 0.3 is 5.69 Å². The number of carbonyl (C=O) groups is 1. The summed E-state index contributed by atoms with van der Waals surface area (Å²) < 4.78 is 0. The number of likely N-dealkylation sites (tertiary alicyclic amines) is 1. The monoisotopic (exact) mass is 264 g/mol. The van der Waals surface area contributed by atoms with E-state index in [1.54, 1.807) is 4.90 Å². The Balaban J connectivity index is 2.24. The van der Waals surface area contributed by atoms with Crippen LogP contribution in [0.2, 0.25) is 0 Å². The van der Waals surface area contributed by atoms with Crippen LogP contribution in [0.15, 0.2) is 18.2 Å². The second kappa shape index (κ2) is 5.26. The van der Waals surface area contributed by atoms with Gasteiger partial charge < -0.3 is 10.0 Å². The van der Waals surface area contributed by atoms with Crippen molar-refractivity contribution < 1.29 is 14.8 Å². The molecule has 6 heteroatoms. The third kappa shape index (κ3) is 2.67. The molecule has 1 aliphatic rings. The molecule has 2 rings (SSSR count). The minimum Gasteiger partial charge on any atom is -0.502 e. The fourth-order valence-corrected chi connectivity index (χ4v) is 2.38. The highest BCUT2D eigenvalue weighted by Gasteiger charge is 2.25. The molecule has 1 unspecified atom stereocenters. The summed E-state index contributed by atoms with van der Waals surface area (Å²) in [7, 11) is 0. The zero-order valence-corrected chi connectivity index (χ0v) is 10.7. The van der Waals surface area contributed by atoms with Crippen molar-refractivity contribution in [3.63, 3.8) is 0 Å². The van der Waals surface area contributed by atoms with Gasteiger partial charge in [-0.3, -0.25) is 14.9 Å². The van der Waals surface area contributed by atoms with Crippen LogP contribution >= 0.6 is 0 Å². The van der Waals surface area contributed by atoms with E-state index in [9.17, 15) is 20.0 Å². The number of nitro benzene ring substituents is 1. The molecule has 6 nitrogen and oxygen atoms in total. The van der Waals surface area contributed by atoms with E-state index in [-0.39, 0.29) is 23.2 Å². The molecule has 1 aliphatic heterocycles. The van der Waals surface area contributed by atoms with Crippen LogP contribution in [0.25, 0.3) is 0 Å². The van der Waals surface area contributed by atoms with Gasteiger partial charge in [0.1, 0.15) is 0 Å². The summed E-state index contributed by atoms with van der Waals surface area (Å²) in [6.45, 7) is 2.68. The second-order valence-corrected chi connectivity index (χ2v) is 4.80. The number of phenolic OH excluding ortho intramolecular Hbond substituents is 1. The van der Waals surface area contributed by atoms with Gasteiger partial charge in [-0.2, -0.15) is 0 Å². The Bertz CT molecular complexity index is 515. The van der Waals surface area contributed by atoms with E-state index >= 15 is 0 Å². The van der Waals surface area contributed by atoms with Crippen molar-refractivity contribution in [1.29, 1.82) is 0 Å². The van der Waals surface area contributed by atoms with E-state index in [1.807, 2.05) is 6.92 Å². The first-order valence-electron chi connectivity index (χ1n) is 6.29. The van der Waals surface area contributed by atoms with Gasteiger partial charge in [-0.15, -0.1) is 0 Å². The summed E-state index contributed by atoms with van der Waals surface area (Å²) in [6.07, 6.45) is 3.04. The van der Waals surface area contributed by atoms with Crippen LogP contribution in [0.3, 0.4) is 0 Å². The molecule has 1 saturated heterocycles. The van der Waals surface area contributed by atoms with Crippen molar-refractivity contribution in [3.8, 4) is 5.75 Å². The maximum atomic E-state index is 12.3. The van der Waals surface area contributed by atoms with Crippen LogP contribution in [0, 0.1) is 10.1 Å². The molecule has 1 heterocycles. The lowest BCUT2D eigenvalue weighted by atomic mass is 10.0. The van der Waals surface area contributed by atoms with Gasteiger partial charge in [0.25, 0.3) is 5.91 Å². The fraction of sp³-hybridized carbons (Fsp3) is 0.462. The van der Waals surface area contributed by atoms with Gasteiger partial charge in [0.2, 0.25) is 0 Å². The predicted molar refractivity (Wildman–Crippen MR) is 69.1 cm³/mol. The van der Waals surface area contributed by atoms with Crippen molar-refractivity contribution in [2.45, 2.75) is 32.2 Å². The molecule has 0 aliphatic carbocycles. The van der Waals surface area contributed by atoms with Gasteiger partial charge in [0.05, 0.1) is 4.92 Å². The van der Waals surface area contributed by atoms with Crippen LogP contribution in [-0.4, -0.2) is 33.4 Å². The highest BCUT2D eigenvalue weighted by atomic mass is 16.6. The quantitative estimate of drug-likeness (QED) is 0.656. The van der Waals surface area contributed by atoms with E-state index in [4.69, 9.17) is 0 Å². The molecule has 1 aromatic rings. The van der Waals surface area contributed by atoms with E-state index < -0.39 is 10.7 Å². The number of aromatic hydroxyl groups is 1. The molecule has 1 atom stereocenters. The van der Waals surface area contributed by atoms with Gasteiger partial charge in [-0.1, -0.05) is 0 Å². The van der Waals surface area contributed by atoms with Gasteiger partial charge in [-0.05, 0) is 38.3 Å². The van der Waals surface area contributed by atoms with Gasteiger partial charge in [0, 0.05) is 24.2 Å². The van der Waals surface area contributed by atoms with Crippen molar-refractivity contribution in [3.05, 3.63) is 33.9 Å². The van der Waals surface area contributed by atoms with Gasteiger partial charge in [-0.25, -0.2) is 0 Å². The maximum absolute atomic E-state index is 12.3. The van der Waals surface area contributed by atoms with Crippen molar-refractivity contribution in [1.82, 2.24) is 4.90 Å². The van der Waals surface area contributed by atoms with E-state index in [2.05, 4.69) is 0 Å². The van der Waals surface area contributed by atoms with Crippen molar-refractivity contribution >= 4 is 11.6 Å². The third-order valence-corrected chi connectivity index (χ3v) is 3.48. The number of hydrogen-bond acceptors (Lipinski definition) is 4. The lowest BCUT2D eigenvalue weighted by Gasteiger charge is -2.33. The molecular formula is C13H16N2O4.